The van der Waals surface area contributed by atoms with E-state index in [9.17, 15) is 22.4 Å². The van der Waals surface area contributed by atoms with E-state index in [1.807, 2.05) is 18.2 Å². The average molecular weight is 442 g/mol. The fourth-order valence-corrected chi connectivity index (χ4v) is 3.30. The van der Waals surface area contributed by atoms with Gasteiger partial charge in [0, 0.05) is 12.1 Å². The summed E-state index contributed by atoms with van der Waals surface area (Å²) in [6.45, 7) is -0.0618. The Kier molecular flexibility index (Phi) is 5.81. The smallest absolute Gasteiger partial charge is 0.350 e. The average Bonchev–Trinajstić information content (AvgIpc) is 3.18. The normalized spacial score (nSPS) is 12.5. The number of carbonyl (C=O) groups is 1. The molecule has 0 aliphatic heterocycles. The number of carbonyl (C=O) groups excluding carboxylic acids is 1. The van der Waals surface area contributed by atoms with Gasteiger partial charge in [-0.05, 0) is 48.0 Å². The summed E-state index contributed by atoms with van der Waals surface area (Å²) in [4.78, 5) is 19.9. The fraction of sp³-hybridized carbons (Fsp3) is 0.130. The maximum absolute atomic E-state index is 13.4. The summed E-state index contributed by atoms with van der Waals surface area (Å²) >= 11 is 0. The van der Waals surface area contributed by atoms with Crippen LogP contribution in [0, 0.1) is 5.82 Å². The van der Waals surface area contributed by atoms with Crippen molar-refractivity contribution in [3.05, 3.63) is 95.3 Å². The van der Waals surface area contributed by atoms with Gasteiger partial charge in [0.2, 0.25) is 5.95 Å². The predicted octanol–water partition coefficient (Wildman–Crippen LogP) is 5.30. The Balaban J connectivity index is 1.60. The summed E-state index contributed by atoms with van der Waals surface area (Å²) in [5, 5.41) is 5.70. The third kappa shape index (κ3) is 4.88. The molecule has 4 aromatic rings. The standard InChI is InChI=1S/C23H18F4N4O/c24-17-8-4-6-15(12-17)21(32)28-13-20(14-5-3-7-16(11-14)23(25,26)27)31-22-29-18-9-1-2-10-19(18)30-22/h1-12,20H,13H2,(H,28,32)(H2,29,30,31). The zero-order valence-corrected chi connectivity index (χ0v) is 16.6. The van der Waals surface area contributed by atoms with Crippen LogP contribution in [0.1, 0.15) is 27.5 Å². The van der Waals surface area contributed by atoms with Gasteiger partial charge < -0.3 is 15.6 Å². The number of rotatable bonds is 6. The zero-order valence-electron chi connectivity index (χ0n) is 16.6. The van der Waals surface area contributed by atoms with Crippen molar-refractivity contribution in [3.8, 4) is 0 Å². The lowest BCUT2D eigenvalue weighted by Crippen LogP contribution is -2.32. The van der Waals surface area contributed by atoms with Gasteiger partial charge in [-0.15, -0.1) is 0 Å². The van der Waals surface area contributed by atoms with Crippen LogP contribution >= 0.6 is 0 Å². The molecule has 3 aromatic carbocycles. The predicted molar refractivity (Wildman–Crippen MR) is 113 cm³/mol. The van der Waals surface area contributed by atoms with Crippen molar-refractivity contribution in [2.75, 3.05) is 11.9 Å². The molecule has 5 nitrogen and oxygen atoms in total. The Bertz CT molecular complexity index is 1220. The van der Waals surface area contributed by atoms with E-state index in [1.165, 1.54) is 30.3 Å². The molecule has 0 spiro atoms. The Morgan fingerprint density at radius 2 is 1.78 bits per heavy atom. The number of aromatic nitrogens is 2. The number of hydrogen-bond donors (Lipinski definition) is 3. The van der Waals surface area contributed by atoms with Gasteiger partial charge in [-0.2, -0.15) is 13.2 Å². The second-order valence-corrected chi connectivity index (χ2v) is 7.14. The molecule has 1 atom stereocenters. The highest BCUT2D eigenvalue weighted by molar-refractivity contribution is 5.94. The van der Waals surface area contributed by atoms with Crippen LogP contribution in [-0.4, -0.2) is 22.4 Å². The molecule has 0 aliphatic carbocycles. The van der Waals surface area contributed by atoms with Crippen molar-refractivity contribution in [1.29, 1.82) is 0 Å². The molecule has 1 heterocycles. The monoisotopic (exact) mass is 442 g/mol. The molecule has 0 saturated heterocycles. The quantitative estimate of drug-likeness (QED) is 0.355. The summed E-state index contributed by atoms with van der Waals surface area (Å²) in [7, 11) is 0. The van der Waals surface area contributed by atoms with E-state index >= 15 is 0 Å². The van der Waals surface area contributed by atoms with Crippen LogP contribution < -0.4 is 10.6 Å². The van der Waals surface area contributed by atoms with Crippen molar-refractivity contribution in [3.63, 3.8) is 0 Å². The molecule has 0 aliphatic rings. The van der Waals surface area contributed by atoms with Gasteiger partial charge >= 0.3 is 6.18 Å². The highest BCUT2D eigenvalue weighted by Gasteiger charge is 2.31. The Hall–Kier alpha value is -3.88. The third-order valence-corrected chi connectivity index (χ3v) is 4.87. The maximum Gasteiger partial charge on any atom is 0.416 e. The molecule has 32 heavy (non-hydrogen) atoms. The lowest BCUT2D eigenvalue weighted by Gasteiger charge is -2.20. The first-order valence-electron chi connectivity index (χ1n) is 9.72. The number of hydrogen-bond acceptors (Lipinski definition) is 3. The summed E-state index contributed by atoms with van der Waals surface area (Å²) in [5.74, 6) is -0.769. The molecule has 1 amide bonds. The van der Waals surface area contributed by atoms with Crippen molar-refractivity contribution >= 4 is 22.9 Å². The molecule has 4 rings (SSSR count). The Morgan fingerprint density at radius 1 is 1.00 bits per heavy atom. The molecule has 0 radical (unpaired) electrons. The van der Waals surface area contributed by atoms with Crippen LogP contribution in [0.25, 0.3) is 11.0 Å². The molecule has 0 saturated carbocycles. The fourth-order valence-electron chi connectivity index (χ4n) is 3.30. The van der Waals surface area contributed by atoms with Crippen LogP contribution in [0.4, 0.5) is 23.5 Å². The first kappa shape index (κ1) is 21.4. The molecular weight excluding hydrogens is 424 g/mol. The first-order valence-corrected chi connectivity index (χ1v) is 9.72. The summed E-state index contributed by atoms with van der Waals surface area (Å²) < 4.78 is 53.1. The van der Waals surface area contributed by atoms with E-state index in [0.29, 0.717) is 17.0 Å². The number of imidazole rings is 1. The number of nitrogens with one attached hydrogen (secondary N) is 3. The van der Waals surface area contributed by atoms with Crippen molar-refractivity contribution < 1.29 is 22.4 Å². The number of amides is 1. The van der Waals surface area contributed by atoms with Crippen molar-refractivity contribution in [2.24, 2.45) is 0 Å². The van der Waals surface area contributed by atoms with E-state index in [0.717, 1.165) is 23.7 Å². The number of aromatic amines is 1. The molecule has 1 aromatic heterocycles. The zero-order chi connectivity index (χ0) is 22.7. The SMILES string of the molecule is O=C(NCC(Nc1nc2ccccc2[nH]1)c1cccc(C(F)(F)F)c1)c1cccc(F)c1. The number of nitrogens with zero attached hydrogens (tertiary/aromatic N) is 1. The van der Waals surface area contributed by atoms with E-state index < -0.39 is 29.5 Å². The van der Waals surface area contributed by atoms with Gasteiger partial charge in [0.15, 0.2) is 0 Å². The lowest BCUT2D eigenvalue weighted by atomic mass is 10.0. The lowest BCUT2D eigenvalue weighted by molar-refractivity contribution is -0.137. The molecule has 0 bridgehead atoms. The van der Waals surface area contributed by atoms with Gasteiger partial charge in [0.05, 0.1) is 22.6 Å². The van der Waals surface area contributed by atoms with E-state index in [4.69, 9.17) is 0 Å². The number of fused-ring (bicyclic) bond motifs is 1. The van der Waals surface area contributed by atoms with E-state index in [2.05, 4.69) is 20.6 Å². The number of benzene rings is 3. The molecule has 1 unspecified atom stereocenters. The Morgan fingerprint density at radius 3 is 2.53 bits per heavy atom. The maximum atomic E-state index is 13.4. The van der Waals surface area contributed by atoms with Crippen LogP contribution in [0.3, 0.4) is 0 Å². The highest BCUT2D eigenvalue weighted by atomic mass is 19.4. The number of anilines is 1. The summed E-state index contributed by atoms with van der Waals surface area (Å²) in [5.41, 5.74) is 1.04. The number of halogens is 4. The van der Waals surface area contributed by atoms with E-state index in [1.54, 1.807) is 6.07 Å². The minimum absolute atomic E-state index is 0.0618. The molecular formula is C23H18F4N4O. The minimum Gasteiger partial charge on any atom is -0.350 e. The van der Waals surface area contributed by atoms with Crippen LogP contribution in [0.15, 0.2) is 72.8 Å². The number of para-hydroxylation sites is 2. The van der Waals surface area contributed by atoms with Crippen LogP contribution in [0.2, 0.25) is 0 Å². The molecule has 164 valence electrons. The summed E-state index contributed by atoms with van der Waals surface area (Å²) in [6, 6.07) is 16.5. The van der Waals surface area contributed by atoms with E-state index in [-0.39, 0.29) is 12.1 Å². The van der Waals surface area contributed by atoms with Crippen molar-refractivity contribution in [1.82, 2.24) is 15.3 Å². The van der Waals surface area contributed by atoms with Gasteiger partial charge in [0.25, 0.3) is 5.91 Å². The highest BCUT2D eigenvalue weighted by Crippen LogP contribution is 2.31. The summed E-state index contributed by atoms with van der Waals surface area (Å²) in [6.07, 6.45) is -4.51. The second-order valence-electron chi connectivity index (χ2n) is 7.14. The van der Waals surface area contributed by atoms with Gasteiger partial charge in [-0.25, -0.2) is 9.37 Å². The first-order chi connectivity index (χ1) is 15.3. The topological polar surface area (TPSA) is 69.8 Å². The van der Waals surface area contributed by atoms with Crippen LogP contribution in [0.5, 0.6) is 0 Å². The number of alkyl halides is 3. The largest absolute Gasteiger partial charge is 0.416 e. The second kappa shape index (κ2) is 8.70. The van der Waals surface area contributed by atoms with Crippen LogP contribution in [-0.2, 0) is 6.18 Å². The van der Waals surface area contributed by atoms with Gasteiger partial charge in [-0.1, -0.05) is 30.3 Å². The molecule has 3 N–H and O–H groups in total. The Labute approximate surface area is 180 Å². The molecule has 9 heteroatoms. The number of H-pyrrole nitrogens is 1. The van der Waals surface area contributed by atoms with Crippen molar-refractivity contribution in [2.45, 2.75) is 12.2 Å². The van der Waals surface area contributed by atoms with Gasteiger partial charge in [-0.3, -0.25) is 4.79 Å². The minimum atomic E-state index is -4.51. The molecule has 0 fully saturated rings. The van der Waals surface area contributed by atoms with Gasteiger partial charge in [0.1, 0.15) is 5.82 Å². The third-order valence-electron chi connectivity index (χ3n) is 4.87.